The van der Waals surface area contributed by atoms with Gasteiger partial charge in [0.1, 0.15) is 17.8 Å². The highest BCUT2D eigenvalue weighted by Gasteiger charge is 2.41. The molecule has 1 spiro atoms. The summed E-state index contributed by atoms with van der Waals surface area (Å²) < 4.78 is 0. The molecule has 4 rings (SSSR count). The maximum Gasteiger partial charge on any atom is 0.327 e. The summed E-state index contributed by atoms with van der Waals surface area (Å²) in [4.78, 5) is 51.6. The second-order valence-corrected chi connectivity index (χ2v) is 12.8. The van der Waals surface area contributed by atoms with Crippen molar-refractivity contribution in [3.8, 4) is 5.75 Å². The Morgan fingerprint density at radius 3 is 2.39 bits per heavy atom. The third-order valence-corrected chi connectivity index (χ3v) is 10.2. The molecule has 0 radical (unpaired) electrons. The van der Waals surface area contributed by atoms with E-state index in [4.69, 9.17) is 0 Å². The van der Waals surface area contributed by atoms with Gasteiger partial charge in [0.05, 0.1) is 11.5 Å². The Morgan fingerprint density at radius 2 is 1.68 bits per heavy atom. The summed E-state index contributed by atoms with van der Waals surface area (Å²) in [5, 5.41) is 31.1. The van der Waals surface area contributed by atoms with Gasteiger partial charge in [-0.1, -0.05) is 53.0 Å². The van der Waals surface area contributed by atoms with Crippen LogP contribution in [0.5, 0.6) is 5.75 Å². The molecule has 3 fully saturated rings. The lowest BCUT2D eigenvalue weighted by Crippen LogP contribution is -2.54. The summed E-state index contributed by atoms with van der Waals surface area (Å²) in [6, 6.07) is 4.47. The number of nitrogens with one attached hydrogen (secondary N) is 4. The first-order chi connectivity index (χ1) is 18.3. The zero-order valence-corrected chi connectivity index (χ0v) is 22.9. The monoisotopic (exact) mass is 564 g/mol. The van der Waals surface area contributed by atoms with E-state index in [0.29, 0.717) is 25.8 Å². The van der Waals surface area contributed by atoms with Crippen molar-refractivity contribution >= 4 is 45.3 Å². The van der Waals surface area contributed by atoms with E-state index in [0.717, 1.165) is 31.2 Å². The first-order valence-electron chi connectivity index (χ1n) is 13.2. The Morgan fingerprint density at radius 1 is 0.974 bits per heavy atom. The molecule has 3 aliphatic rings. The highest BCUT2D eigenvalue weighted by molar-refractivity contribution is 8.76. The van der Waals surface area contributed by atoms with Crippen LogP contribution in [0.1, 0.15) is 56.4 Å². The Balaban J connectivity index is 1.46. The number of amides is 3. The van der Waals surface area contributed by atoms with Gasteiger partial charge in [-0.15, -0.1) is 0 Å². The molecule has 1 aromatic carbocycles. The number of carbonyl (C=O) groups is 4. The average Bonchev–Trinajstić information content (AvgIpc) is 3.40. The van der Waals surface area contributed by atoms with Crippen molar-refractivity contribution in [3.63, 3.8) is 0 Å². The first kappa shape index (κ1) is 28.6. The molecule has 0 bridgehead atoms. The Labute approximate surface area is 230 Å². The molecule has 38 heavy (non-hydrogen) atoms. The van der Waals surface area contributed by atoms with E-state index in [1.54, 1.807) is 24.3 Å². The average molecular weight is 565 g/mol. The molecule has 0 aromatic heterocycles. The molecular formula is C26H36N4O6S2. The number of aromatic hydroxyl groups is 1. The number of benzene rings is 1. The zero-order chi connectivity index (χ0) is 27.1. The van der Waals surface area contributed by atoms with Gasteiger partial charge < -0.3 is 31.5 Å². The van der Waals surface area contributed by atoms with Crippen LogP contribution >= 0.6 is 21.6 Å². The number of aliphatic carboxylic acids is 1. The first-order valence-corrected chi connectivity index (χ1v) is 15.7. The fraction of sp³-hybridized carbons (Fsp3) is 0.615. The van der Waals surface area contributed by atoms with E-state index in [2.05, 4.69) is 21.3 Å². The van der Waals surface area contributed by atoms with Crippen LogP contribution in [0.4, 0.5) is 0 Å². The molecule has 208 valence electrons. The third kappa shape index (κ3) is 6.95. The highest BCUT2D eigenvalue weighted by atomic mass is 33.1. The van der Waals surface area contributed by atoms with Gasteiger partial charge in [0, 0.05) is 24.0 Å². The smallest absolute Gasteiger partial charge is 0.327 e. The molecule has 2 heterocycles. The molecular weight excluding hydrogens is 528 g/mol. The minimum absolute atomic E-state index is 0.0879. The second-order valence-electron chi connectivity index (χ2n) is 10.3. The summed E-state index contributed by atoms with van der Waals surface area (Å²) >= 11 is 0. The van der Waals surface area contributed by atoms with Crippen molar-refractivity contribution in [1.82, 2.24) is 21.3 Å². The molecule has 10 nitrogen and oxygen atoms in total. The summed E-state index contributed by atoms with van der Waals surface area (Å²) in [7, 11) is 2.56. The molecule has 1 unspecified atom stereocenters. The summed E-state index contributed by atoms with van der Waals surface area (Å²) in [5.41, 5.74) is 0.238. The van der Waals surface area contributed by atoms with Gasteiger partial charge in [-0.3, -0.25) is 14.4 Å². The number of phenols is 1. The Hall–Kier alpha value is -2.44. The van der Waals surface area contributed by atoms with Crippen LogP contribution in [-0.4, -0.2) is 76.6 Å². The van der Waals surface area contributed by atoms with Gasteiger partial charge in [-0.2, -0.15) is 0 Å². The highest BCUT2D eigenvalue weighted by Crippen LogP contribution is 2.40. The van der Waals surface area contributed by atoms with Gasteiger partial charge in [0.15, 0.2) is 0 Å². The van der Waals surface area contributed by atoms with Crippen molar-refractivity contribution in [3.05, 3.63) is 29.8 Å². The predicted octanol–water partition coefficient (Wildman–Crippen LogP) is 1.74. The van der Waals surface area contributed by atoms with E-state index in [1.165, 1.54) is 21.6 Å². The number of hydrogen-bond acceptors (Lipinski definition) is 8. The number of rotatable bonds is 4. The lowest BCUT2D eigenvalue weighted by molar-refractivity contribution is -0.144. The number of carboxylic acids is 1. The van der Waals surface area contributed by atoms with Crippen LogP contribution < -0.4 is 21.3 Å². The van der Waals surface area contributed by atoms with Crippen molar-refractivity contribution in [2.75, 3.05) is 24.6 Å². The van der Waals surface area contributed by atoms with Crippen molar-refractivity contribution < 1.29 is 29.4 Å². The summed E-state index contributed by atoms with van der Waals surface area (Å²) in [5.74, 6) is -1.45. The second kappa shape index (κ2) is 13.1. The van der Waals surface area contributed by atoms with Crippen LogP contribution in [0.2, 0.25) is 0 Å². The minimum atomic E-state index is -1.08. The molecule has 1 aromatic rings. The molecule has 6 N–H and O–H groups in total. The van der Waals surface area contributed by atoms with E-state index < -0.39 is 29.5 Å². The van der Waals surface area contributed by atoms with E-state index in [9.17, 15) is 29.4 Å². The van der Waals surface area contributed by atoms with Crippen LogP contribution in [0.15, 0.2) is 24.3 Å². The maximum atomic E-state index is 13.3. The number of carbonyl (C=O) groups excluding carboxylic acids is 3. The molecule has 2 aliphatic heterocycles. The van der Waals surface area contributed by atoms with Crippen molar-refractivity contribution in [2.45, 2.75) is 69.0 Å². The predicted molar refractivity (Wildman–Crippen MR) is 147 cm³/mol. The van der Waals surface area contributed by atoms with Crippen LogP contribution in [0.3, 0.4) is 0 Å². The topological polar surface area (TPSA) is 157 Å². The fourth-order valence-electron chi connectivity index (χ4n) is 5.59. The van der Waals surface area contributed by atoms with E-state index >= 15 is 0 Å². The SMILES string of the molecule is O=C(N[C@H]1CSSC[C@@H](C(=O)O)NC(=O)C2(CCCCC2)CCNC1=O)C1NCC[C@H]1c1ccc(O)cc1. The van der Waals surface area contributed by atoms with Gasteiger partial charge in [0.2, 0.25) is 17.7 Å². The summed E-state index contributed by atoms with van der Waals surface area (Å²) in [6.45, 7) is 0.927. The molecule has 4 atom stereocenters. The molecule has 2 saturated heterocycles. The Kier molecular flexibility index (Phi) is 9.83. The maximum absolute atomic E-state index is 13.3. The van der Waals surface area contributed by atoms with E-state index in [-0.39, 0.29) is 47.4 Å². The lowest BCUT2D eigenvalue weighted by atomic mass is 9.71. The van der Waals surface area contributed by atoms with Crippen molar-refractivity contribution in [1.29, 1.82) is 0 Å². The number of phenolic OH excluding ortho intramolecular Hbond substituents is 1. The van der Waals surface area contributed by atoms with Gasteiger partial charge in [-0.25, -0.2) is 4.79 Å². The largest absolute Gasteiger partial charge is 0.508 e. The standard InChI is InChI=1S/C26H36N4O6S2/c31-17-6-4-16(5-7-17)18-8-12-27-21(18)23(33)29-19-14-37-38-15-20(24(34)35)30-25(36)26(9-2-1-3-10-26)11-13-28-22(19)32/h4-7,18-21,27,31H,1-3,8-15H2,(H,28,32)(H,29,33)(H,30,36)(H,34,35)/t18-,19-,20-,21?/m0/s1. The lowest BCUT2D eigenvalue weighted by Gasteiger charge is -2.36. The van der Waals surface area contributed by atoms with Gasteiger partial charge >= 0.3 is 5.97 Å². The molecule has 3 amide bonds. The summed E-state index contributed by atoms with van der Waals surface area (Å²) in [6.07, 6.45) is 5.31. The van der Waals surface area contributed by atoms with Gasteiger partial charge in [-0.05, 0) is 49.9 Å². The molecule has 1 saturated carbocycles. The quantitative estimate of drug-likeness (QED) is 0.300. The van der Waals surface area contributed by atoms with E-state index in [1.807, 2.05) is 0 Å². The normalized spacial score (nSPS) is 28.7. The van der Waals surface area contributed by atoms with Crippen LogP contribution in [0.25, 0.3) is 0 Å². The number of carboxylic acid groups (broad SMARTS) is 1. The fourth-order valence-corrected chi connectivity index (χ4v) is 7.91. The number of hydrogen-bond donors (Lipinski definition) is 6. The third-order valence-electron chi connectivity index (χ3n) is 7.81. The van der Waals surface area contributed by atoms with Crippen molar-refractivity contribution in [2.24, 2.45) is 5.41 Å². The van der Waals surface area contributed by atoms with Crippen LogP contribution in [0, 0.1) is 5.41 Å². The van der Waals surface area contributed by atoms with Gasteiger partial charge in [0.25, 0.3) is 0 Å². The molecule has 12 heteroatoms. The molecule has 1 aliphatic carbocycles. The van der Waals surface area contributed by atoms with Crippen LogP contribution in [-0.2, 0) is 19.2 Å². The zero-order valence-electron chi connectivity index (χ0n) is 21.2. The minimum Gasteiger partial charge on any atom is -0.508 e. The Bertz CT molecular complexity index is 1020.